The zero-order valence-electron chi connectivity index (χ0n) is 9.00. The summed E-state index contributed by atoms with van der Waals surface area (Å²) in [6.45, 7) is 0. The smallest absolute Gasteiger partial charge is 0.256 e. The second-order valence-electron chi connectivity index (χ2n) is 4.50. The van der Waals surface area contributed by atoms with Gasteiger partial charge in [-0.1, -0.05) is 23.7 Å². The van der Waals surface area contributed by atoms with Crippen LogP contribution < -0.4 is 10.6 Å². The third-order valence-corrected chi connectivity index (χ3v) is 3.84. The number of benzene rings is 1. The third-order valence-electron chi connectivity index (χ3n) is 3.39. The predicted octanol–water partition coefficient (Wildman–Crippen LogP) is 1.95. The summed E-state index contributed by atoms with van der Waals surface area (Å²) in [4.78, 5) is 12.2. The van der Waals surface area contributed by atoms with Crippen LogP contribution in [0.2, 0.25) is 5.02 Å². The molecule has 17 heavy (non-hydrogen) atoms. The van der Waals surface area contributed by atoms with Gasteiger partial charge in [0, 0.05) is 5.02 Å². The number of thiocarbonyl (C=S) groups is 1. The van der Waals surface area contributed by atoms with Crippen molar-refractivity contribution >= 4 is 34.8 Å². The zero-order valence-corrected chi connectivity index (χ0v) is 10.6. The molecule has 2 N–H and O–H groups in total. The van der Waals surface area contributed by atoms with Gasteiger partial charge in [0.15, 0.2) is 5.11 Å². The highest BCUT2D eigenvalue weighted by Gasteiger charge is 2.55. The van der Waals surface area contributed by atoms with E-state index in [1.165, 1.54) is 0 Å². The van der Waals surface area contributed by atoms with E-state index >= 15 is 0 Å². The Morgan fingerprint density at radius 1 is 1.29 bits per heavy atom. The van der Waals surface area contributed by atoms with Crippen LogP contribution in [0.25, 0.3) is 0 Å². The van der Waals surface area contributed by atoms with Crippen molar-refractivity contribution in [3.05, 3.63) is 34.9 Å². The Hall–Kier alpha value is -1.13. The first-order chi connectivity index (χ1) is 8.13. The summed E-state index contributed by atoms with van der Waals surface area (Å²) >= 11 is 10.9. The standard InChI is InChI=1S/C12H11ClN2OS/c13-9-5-3-8(4-6-9)12(7-1-2-7)10(16)14-11(17)15-12/h3-7H,1-2H2,(H2,14,15,16,17). The minimum absolute atomic E-state index is 0.0488. The van der Waals surface area contributed by atoms with Gasteiger partial charge in [-0.05, 0) is 48.7 Å². The second-order valence-corrected chi connectivity index (χ2v) is 5.34. The van der Waals surface area contributed by atoms with E-state index in [4.69, 9.17) is 23.8 Å². The average molecular weight is 267 g/mol. The molecule has 5 heteroatoms. The molecule has 0 bridgehead atoms. The van der Waals surface area contributed by atoms with Gasteiger partial charge in [0.2, 0.25) is 0 Å². The Labute approximate surface area is 110 Å². The minimum Gasteiger partial charge on any atom is -0.344 e. The van der Waals surface area contributed by atoms with Gasteiger partial charge in [0.1, 0.15) is 5.54 Å². The van der Waals surface area contributed by atoms with Crippen LogP contribution in [0.5, 0.6) is 0 Å². The molecule has 2 aliphatic rings. The van der Waals surface area contributed by atoms with Crippen molar-refractivity contribution in [3.63, 3.8) is 0 Å². The van der Waals surface area contributed by atoms with Crippen molar-refractivity contribution in [2.45, 2.75) is 18.4 Å². The molecule has 0 radical (unpaired) electrons. The number of nitrogens with one attached hydrogen (secondary N) is 2. The molecule has 1 unspecified atom stereocenters. The van der Waals surface area contributed by atoms with Crippen LogP contribution in [0.1, 0.15) is 18.4 Å². The molecule has 1 saturated carbocycles. The van der Waals surface area contributed by atoms with E-state index in [-0.39, 0.29) is 5.91 Å². The van der Waals surface area contributed by atoms with Gasteiger partial charge in [-0.15, -0.1) is 0 Å². The summed E-state index contributed by atoms with van der Waals surface area (Å²) < 4.78 is 0. The van der Waals surface area contributed by atoms with Crippen molar-refractivity contribution in [2.24, 2.45) is 5.92 Å². The fourth-order valence-electron chi connectivity index (χ4n) is 2.42. The van der Waals surface area contributed by atoms with Crippen LogP contribution in [0, 0.1) is 5.92 Å². The van der Waals surface area contributed by atoms with Gasteiger partial charge in [0.05, 0.1) is 0 Å². The maximum Gasteiger partial charge on any atom is 0.256 e. The van der Waals surface area contributed by atoms with E-state index in [2.05, 4.69) is 10.6 Å². The number of amides is 1. The summed E-state index contributed by atoms with van der Waals surface area (Å²) in [7, 11) is 0. The molecule has 0 aromatic heterocycles. The minimum atomic E-state index is -0.679. The molecular weight excluding hydrogens is 256 g/mol. The van der Waals surface area contributed by atoms with Gasteiger partial charge in [0.25, 0.3) is 5.91 Å². The molecule has 0 spiro atoms. The molecule has 3 nitrogen and oxygen atoms in total. The Kier molecular flexibility index (Phi) is 2.38. The molecule has 1 saturated heterocycles. The first-order valence-electron chi connectivity index (χ1n) is 5.52. The maximum absolute atomic E-state index is 12.2. The third kappa shape index (κ3) is 1.63. The van der Waals surface area contributed by atoms with Crippen LogP contribution in [0.3, 0.4) is 0 Å². The molecule has 1 aliphatic heterocycles. The summed E-state index contributed by atoms with van der Waals surface area (Å²) in [5, 5.41) is 6.91. The normalized spacial score (nSPS) is 27.8. The fourth-order valence-corrected chi connectivity index (χ4v) is 2.80. The van der Waals surface area contributed by atoms with Crippen LogP contribution in [0.15, 0.2) is 24.3 Å². The van der Waals surface area contributed by atoms with Gasteiger partial charge >= 0.3 is 0 Å². The van der Waals surface area contributed by atoms with Crippen LogP contribution in [-0.2, 0) is 10.3 Å². The Balaban J connectivity index is 2.08. The van der Waals surface area contributed by atoms with E-state index in [1.807, 2.05) is 12.1 Å². The summed E-state index contributed by atoms with van der Waals surface area (Å²) in [6.07, 6.45) is 2.09. The van der Waals surface area contributed by atoms with Crippen molar-refractivity contribution in [3.8, 4) is 0 Å². The molecule has 1 heterocycles. The lowest BCUT2D eigenvalue weighted by Gasteiger charge is -2.27. The van der Waals surface area contributed by atoms with E-state index in [9.17, 15) is 4.79 Å². The Morgan fingerprint density at radius 3 is 2.41 bits per heavy atom. The van der Waals surface area contributed by atoms with Crippen molar-refractivity contribution < 1.29 is 4.79 Å². The summed E-state index contributed by atoms with van der Waals surface area (Å²) in [5.74, 6) is 0.274. The molecule has 1 atom stereocenters. The molecule has 1 aromatic rings. The quantitative estimate of drug-likeness (QED) is 0.804. The highest BCUT2D eigenvalue weighted by Crippen LogP contribution is 2.47. The largest absolute Gasteiger partial charge is 0.344 e. The van der Waals surface area contributed by atoms with Crippen molar-refractivity contribution in [2.75, 3.05) is 0 Å². The Morgan fingerprint density at radius 2 is 1.94 bits per heavy atom. The van der Waals surface area contributed by atoms with Crippen LogP contribution in [0.4, 0.5) is 0 Å². The topological polar surface area (TPSA) is 41.1 Å². The lowest BCUT2D eigenvalue weighted by molar-refractivity contribution is -0.125. The van der Waals surface area contributed by atoms with E-state index in [1.54, 1.807) is 12.1 Å². The van der Waals surface area contributed by atoms with Gasteiger partial charge in [-0.25, -0.2) is 0 Å². The van der Waals surface area contributed by atoms with E-state index in [0.717, 1.165) is 18.4 Å². The summed E-state index contributed by atoms with van der Waals surface area (Å²) in [6, 6.07) is 7.39. The van der Waals surface area contributed by atoms with Gasteiger partial charge in [-0.3, -0.25) is 4.79 Å². The molecule has 1 aromatic carbocycles. The lowest BCUT2D eigenvalue weighted by Crippen LogP contribution is -2.45. The number of halogens is 1. The molecule has 88 valence electrons. The van der Waals surface area contributed by atoms with E-state index < -0.39 is 5.54 Å². The average Bonchev–Trinajstić information content (AvgIpc) is 3.07. The number of hydrogen-bond acceptors (Lipinski definition) is 2. The molecule has 1 aliphatic carbocycles. The van der Waals surface area contributed by atoms with Crippen molar-refractivity contribution in [1.82, 2.24) is 10.6 Å². The number of rotatable bonds is 2. The predicted molar refractivity (Wildman–Crippen MR) is 69.7 cm³/mol. The van der Waals surface area contributed by atoms with Gasteiger partial charge in [-0.2, -0.15) is 0 Å². The lowest BCUT2D eigenvalue weighted by atomic mass is 9.85. The van der Waals surface area contributed by atoms with Crippen molar-refractivity contribution in [1.29, 1.82) is 0 Å². The maximum atomic E-state index is 12.2. The number of hydrogen-bond donors (Lipinski definition) is 2. The molecule has 3 rings (SSSR count). The highest BCUT2D eigenvalue weighted by atomic mass is 35.5. The monoisotopic (exact) mass is 266 g/mol. The zero-order chi connectivity index (χ0) is 12.0. The van der Waals surface area contributed by atoms with Gasteiger partial charge < -0.3 is 10.6 Å². The summed E-state index contributed by atoms with van der Waals surface area (Å²) in [5.41, 5.74) is 0.253. The first kappa shape index (κ1) is 11.0. The van der Waals surface area contributed by atoms with Crippen LogP contribution >= 0.6 is 23.8 Å². The Bertz CT molecular complexity index is 498. The van der Waals surface area contributed by atoms with Crippen LogP contribution in [-0.4, -0.2) is 11.0 Å². The molecular formula is C12H11ClN2OS. The molecule has 2 fully saturated rings. The SMILES string of the molecule is O=C1NC(=S)NC1(c1ccc(Cl)cc1)C1CC1. The first-order valence-corrected chi connectivity index (χ1v) is 6.31. The number of carbonyl (C=O) groups is 1. The second kappa shape index (κ2) is 3.68. The molecule has 1 amide bonds. The fraction of sp³-hybridized carbons (Fsp3) is 0.333. The number of carbonyl (C=O) groups excluding carboxylic acids is 1. The highest BCUT2D eigenvalue weighted by molar-refractivity contribution is 7.80. The van der Waals surface area contributed by atoms with E-state index in [0.29, 0.717) is 16.1 Å².